The van der Waals surface area contributed by atoms with Gasteiger partial charge in [-0.15, -0.1) is 0 Å². The highest BCUT2D eigenvalue weighted by molar-refractivity contribution is 4.96. The van der Waals surface area contributed by atoms with E-state index in [9.17, 15) is 0 Å². The molecular weight excluding hydrogens is 152 g/mol. The largest absolute Gasteiger partial charge is 0.463 e. The fourth-order valence-electron chi connectivity index (χ4n) is 1.25. The Hall–Kier alpha value is -0.990. The van der Waals surface area contributed by atoms with Gasteiger partial charge in [-0.1, -0.05) is 13.3 Å². The van der Waals surface area contributed by atoms with Crippen LogP contribution in [0.3, 0.4) is 0 Å². The summed E-state index contributed by atoms with van der Waals surface area (Å²) in [4.78, 5) is 3.20. The molecule has 0 amide bonds. The Kier molecular flexibility index (Phi) is 3.14. The number of H-pyrrole nitrogens is 1. The molecule has 0 spiro atoms. The second kappa shape index (κ2) is 4.14. The SMILES string of the molecule is CCCCc1[nH]cc(OC)[n+]1C. The smallest absolute Gasteiger partial charge is 0.324 e. The van der Waals surface area contributed by atoms with Crippen molar-refractivity contribution in [2.45, 2.75) is 26.2 Å². The molecule has 0 aliphatic rings. The summed E-state index contributed by atoms with van der Waals surface area (Å²) >= 11 is 0. The number of aromatic nitrogens is 2. The van der Waals surface area contributed by atoms with E-state index < -0.39 is 0 Å². The maximum Gasteiger partial charge on any atom is 0.324 e. The molecular formula is C9H17N2O+. The van der Waals surface area contributed by atoms with Crippen LogP contribution in [0.1, 0.15) is 25.6 Å². The van der Waals surface area contributed by atoms with Gasteiger partial charge < -0.3 is 4.74 Å². The number of nitrogens with one attached hydrogen (secondary N) is 1. The maximum atomic E-state index is 5.14. The van der Waals surface area contributed by atoms with Crippen molar-refractivity contribution in [2.24, 2.45) is 7.05 Å². The summed E-state index contributed by atoms with van der Waals surface area (Å²) in [5.41, 5.74) is 0. The lowest BCUT2D eigenvalue weighted by Gasteiger charge is -1.95. The Bertz CT molecular complexity index is 243. The van der Waals surface area contributed by atoms with E-state index in [1.165, 1.54) is 18.7 Å². The van der Waals surface area contributed by atoms with E-state index in [0.29, 0.717) is 0 Å². The van der Waals surface area contributed by atoms with E-state index in [2.05, 4.69) is 16.5 Å². The zero-order valence-electron chi connectivity index (χ0n) is 8.05. The van der Waals surface area contributed by atoms with Crippen LogP contribution in [-0.4, -0.2) is 12.1 Å². The zero-order chi connectivity index (χ0) is 8.97. The Labute approximate surface area is 73.4 Å². The minimum absolute atomic E-state index is 0.890. The van der Waals surface area contributed by atoms with Crippen LogP contribution in [0.5, 0.6) is 5.88 Å². The Morgan fingerprint density at radius 1 is 1.58 bits per heavy atom. The quantitative estimate of drug-likeness (QED) is 0.674. The fraction of sp³-hybridized carbons (Fsp3) is 0.667. The van der Waals surface area contributed by atoms with Crippen LogP contribution < -0.4 is 9.30 Å². The zero-order valence-corrected chi connectivity index (χ0v) is 8.05. The number of unbranched alkanes of at least 4 members (excludes halogenated alkanes) is 1. The summed E-state index contributed by atoms with van der Waals surface area (Å²) < 4.78 is 7.19. The number of nitrogens with zero attached hydrogens (tertiary/aromatic N) is 1. The summed E-state index contributed by atoms with van der Waals surface area (Å²) in [6, 6.07) is 0. The molecule has 68 valence electrons. The Morgan fingerprint density at radius 2 is 2.33 bits per heavy atom. The van der Waals surface area contributed by atoms with E-state index in [1.807, 2.05) is 13.2 Å². The molecule has 0 aliphatic heterocycles. The van der Waals surface area contributed by atoms with Crippen LogP contribution >= 0.6 is 0 Å². The first-order chi connectivity index (χ1) is 5.79. The molecule has 0 saturated heterocycles. The molecule has 1 heterocycles. The molecule has 1 aromatic heterocycles. The molecule has 0 fully saturated rings. The Balaban J connectivity index is 2.66. The number of hydrogen-bond acceptors (Lipinski definition) is 1. The number of ether oxygens (including phenoxy) is 1. The molecule has 1 rings (SSSR count). The van der Waals surface area contributed by atoms with Crippen LogP contribution in [0.15, 0.2) is 6.20 Å². The van der Waals surface area contributed by atoms with Gasteiger partial charge in [0.15, 0.2) is 6.20 Å². The lowest BCUT2D eigenvalue weighted by molar-refractivity contribution is -0.682. The van der Waals surface area contributed by atoms with Crippen LogP contribution in [0.25, 0.3) is 0 Å². The number of hydrogen-bond donors (Lipinski definition) is 1. The van der Waals surface area contributed by atoms with Gasteiger partial charge in [0.1, 0.15) is 0 Å². The van der Waals surface area contributed by atoms with Crippen LogP contribution in [-0.2, 0) is 13.5 Å². The molecule has 3 nitrogen and oxygen atoms in total. The van der Waals surface area contributed by atoms with E-state index in [-0.39, 0.29) is 0 Å². The third-order valence-electron chi connectivity index (χ3n) is 2.07. The maximum absolute atomic E-state index is 5.14. The second-order valence-electron chi connectivity index (χ2n) is 2.94. The van der Waals surface area contributed by atoms with Crippen molar-refractivity contribution in [3.8, 4) is 5.88 Å². The van der Waals surface area contributed by atoms with Gasteiger partial charge >= 0.3 is 5.88 Å². The van der Waals surface area contributed by atoms with Crippen molar-refractivity contribution in [2.75, 3.05) is 7.11 Å². The predicted molar refractivity (Wildman–Crippen MR) is 47.1 cm³/mol. The first-order valence-corrected chi connectivity index (χ1v) is 4.39. The van der Waals surface area contributed by atoms with Gasteiger partial charge in [-0.25, -0.2) is 9.55 Å². The van der Waals surface area contributed by atoms with Gasteiger partial charge in [0, 0.05) is 6.42 Å². The van der Waals surface area contributed by atoms with Crippen molar-refractivity contribution in [1.82, 2.24) is 4.98 Å². The molecule has 12 heavy (non-hydrogen) atoms. The highest BCUT2D eigenvalue weighted by Gasteiger charge is 2.12. The molecule has 1 aromatic rings. The van der Waals surface area contributed by atoms with E-state index in [4.69, 9.17) is 4.74 Å². The first kappa shape index (κ1) is 9.10. The van der Waals surface area contributed by atoms with Crippen molar-refractivity contribution in [1.29, 1.82) is 0 Å². The lowest BCUT2D eigenvalue weighted by Crippen LogP contribution is -2.32. The van der Waals surface area contributed by atoms with Crippen LogP contribution in [0.2, 0.25) is 0 Å². The molecule has 1 N–H and O–H groups in total. The van der Waals surface area contributed by atoms with Crippen LogP contribution in [0.4, 0.5) is 0 Å². The van der Waals surface area contributed by atoms with Gasteiger partial charge in [0.05, 0.1) is 14.2 Å². The highest BCUT2D eigenvalue weighted by Crippen LogP contribution is 2.04. The minimum atomic E-state index is 0.890. The van der Waals surface area contributed by atoms with Crippen molar-refractivity contribution in [3.05, 3.63) is 12.0 Å². The number of aromatic amines is 1. The van der Waals surface area contributed by atoms with Crippen LogP contribution in [0, 0.1) is 0 Å². The van der Waals surface area contributed by atoms with Gasteiger partial charge in [-0.05, 0) is 6.42 Å². The highest BCUT2D eigenvalue weighted by atomic mass is 16.5. The van der Waals surface area contributed by atoms with Gasteiger partial charge in [0.2, 0.25) is 0 Å². The molecule has 3 heteroatoms. The number of aryl methyl sites for hydroxylation is 1. The van der Waals surface area contributed by atoms with Crippen molar-refractivity contribution < 1.29 is 9.30 Å². The summed E-state index contributed by atoms with van der Waals surface area (Å²) in [6.07, 6.45) is 5.43. The molecule has 0 unspecified atom stereocenters. The number of rotatable bonds is 4. The summed E-state index contributed by atoms with van der Waals surface area (Å²) in [7, 11) is 3.70. The van der Waals surface area contributed by atoms with Gasteiger partial charge in [-0.3, -0.25) is 0 Å². The van der Waals surface area contributed by atoms with E-state index >= 15 is 0 Å². The van der Waals surface area contributed by atoms with E-state index in [0.717, 1.165) is 12.3 Å². The monoisotopic (exact) mass is 169 g/mol. The van der Waals surface area contributed by atoms with Gasteiger partial charge in [-0.2, -0.15) is 0 Å². The molecule has 0 atom stereocenters. The van der Waals surface area contributed by atoms with Crippen molar-refractivity contribution in [3.63, 3.8) is 0 Å². The normalized spacial score (nSPS) is 10.2. The van der Waals surface area contributed by atoms with E-state index in [1.54, 1.807) is 7.11 Å². The molecule has 0 bridgehead atoms. The average molecular weight is 169 g/mol. The predicted octanol–water partition coefficient (Wildman–Crippen LogP) is 1.19. The topological polar surface area (TPSA) is 28.9 Å². The standard InChI is InChI=1S/C9H16N2O/c1-4-5-6-8-10-7-9(12-3)11(8)2/h7H,4-6H2,1-3H3/p+1. The number of methoxy groups -OCH3 is 1. The third kappa shape index (κ3) is 1.78. The summed E-state index contributed by atoms with van der Waals surface area (Å²) in [5.74, 6) is 2.12. The van der Waals surface area contributed by atoms with Gasteiger partial charge in [0.25, 0.3) is 5.82 Å². The average Bonchev–Trinajstić information content (AvgIpc) is 2.43. The third-order valence-corrected chi connectivity index (χ3v) is 2.07. The first-order valence-electron chi connectivity index (χ1n) is 4.39. The second-order valence-corrected chi connectivity index (χ2v) is 2.94. The molecule has 0 saturated carbocycles. The lowest BCUT2D eigenvalue weighted by atomic mass is 10.2. The summed E-state index contributed by atoms with van der Waals surface area (Å²) in [5, 5.41) is 0. The summed E-state index contributed by atoms with van der Waals surface area (Å²) in [6.45, 7) is 2.19. The van der Waals surface area contributed by atoms with Crippen molar-refractivity contribution >= 4 is 0 Å². The fourth-order valence-corrected chi connectivity index (χ4v) is 1.25. The molecule has 0 aromatic carbocycles. The molecule has 0 aliphatic carbocycles. The molecule has 0 radical (unpaired) electrons. The Morgan fingerprint density at radius 3 is 2.83 bits per heavy atom. The minimum Gasteiger partial charge on any atom is -0.463 e. The number of imidazole rings is 1.